The number of hydrogen-bond donors (Lipinski definition) is 4. The zero-order valence-electron chi connectivity index (χ0n) is 17.7. The summed E-state index contributed by atoms with van der Waals surface area (Å²) in [5.41, 5.74) is 0.0789. The Morgan fingerprint density at radius 1 is 1.06 bits per heavy atom. The van der Waals surface area contributed by atoms with Crippen molar-refractivity contribution in [2.75, 3.05) is 21.6 Å². The molecule has 0 saturated heterocycles. The van der Waals surface area contributed by atoms with E-state index in [0.717, 1.165) is 25.2 Å². The van der Waals surface area contributed by atoms with E-state index >= 15 is 0 Å². The quantitative estimate of drug-likeness (QED) is 0.360. The van der Waals surface area contributed by atoms with Crippen LogP contribution in [-0.2, 0) is 10.0 Å². The van der Waals surface area contributed by atoms with E-state index in [-0.39, 0.29) is 39.8 Å². The van der Waals surface area contributed by atoms with Gasteiger partial charge in [0, 0.05) is 12.1 Å². The van der Waals surface area contributed by atoms with Crippen molar-refractivity contribution >= 4 is 56.4 Å². The summed E-state index contributed by atoms with van der Waals surface area (Å²) in [6, 6.07) is 8.10. The molecule has 1 aromatic heterocycles. The molecule has 1 saturated carbocycles. The third kappa shape index (κ3) is 5.88. The van der Waals surface area contributed by atoms with Crippen LogP contribution in [0.3, 0.4) is 0 Å². The molecule has 4 N–H and O–H groups in total. The molecule has 1 amide bonds. The van der Waals surface area contributed by atoms with E-state index in [4.69, 9.17) is 11.6 Å². The van der Waals surface area contributed by atoms with Gasteiger partial charge >= 0.3 is 0 Å². The summed E-state index contributed by atoms with van der Waals surface area (Å²) >= 11 is 6.18. The average Bonchev–Trinajstić information content (AvgIpc) is 3.56. The van der Waals surface area contributed by atoms with Crippen LogP contribution in [0.15, 0.2) is 42.6 Å². The Morgan fingerprint density at radius 3 is 2.44 bits per heavy atom. The Kier molecular flexibility index (Phi) is 6.53. The van der Waals surface area contributed by atoms with Gasteiger partial charge in [0.05, 0.1) is 35.1 Å². The van der Waals surface area contributed by atoms with Gasteiger partial charge in [0.25, 0.3) is 5.91 Å². The molecular formula is C21H19ClF2N6O3S. The van der Waals surface area contributed by atoms with Gasteiger partial charge in [-0.3, -0.25) is 9.52 Å². The number of nitrogens with zero attached hydrogens (tertiary/aromatic N) is 2. The largest absolute Gasteiger partial charge is 0.349 e. The molecule has 1 aliphatic carbocycles. The lowest BCUT2D eigenvalue weighted by Crippen LogP contribution is -2.26. The van der Waals surface area contributed by atoms with Gasteiger partial charge in [-0.05, 0) is 31.0 Å². The van der Waals surface area contributed by atoms with Crippen LogP contribution in [0.1, 0.15) is 23.2 Å². The summed E-state index contributed by atoms with van der Waals surface area (Å²) in [4.78, 5) is 20.4. The van der Waals surface area contributed by atoms with Crippen LogP contribution in [0.4, 0.5) is 37.6 Å². The highest BCUT2D eigenvalue weighted by atomic mass is 35.5. The molecule has 0 atom stereocenters. The number of rotatable bonds is 8. The van der Waals surface area contributed by atoms with Crippen LogP contribution >= 0.6 is 11.6 Å². The number of halogens is 3. The SMILES string of the molecule is CS(=O)(=O)Nc1ccccc1Nc1nc(Nc2cc(C(=O)NC3CC3)c(F)cc2F)ncc1Cl. The van der Waals surface area contributed by atoms with Gasteiger partial charge in [0.2, 0.25) is 16.0 Å². The number of sulfonamides is 1. The van der Waals surface area contributed by atoms with Gasteiger partial charge in [0.15, 0.2) is 5.82 Å². The van der Waals surface area contributed by atoms with Gasteiger partial charge in [-0.15, -0.1) is 0 Å². The number of para-hydroxylation sites is 2. The normalized spacial score (nSPS) is 13.3. The van der Waals surface area contributed by atoms with Gasteiger partial charge in [0.1, 0.15) is 16.7 Å². The van der Waals surface area contributed by atoms with Gasteiger partial charge in [-0.25, -0.2) is 22.2 Å². The molecule has 4 rings (SSSR count). The van der Waals surface area contributed by atoms with E-state index in [1.54, 1.807) is 24.3 Å². The van der Waals surface area contributed by atoms with Crippen molar-refractivity contribution in [2.45, 2.75) is 18.9 Å². The number of benzene rings is 2. The predicted octanol–water partition coefficient (Wildman–Crippen LogP) is 4.16. The minimum Gasteiger partial charge on any atom is -0.349 e. The second kappa shape index (κ2) is 9.39. The first-order chi connectivity index (χ1) is 16.1. The van der Waals surface area contributed by atoms with Gasteiger partial charge in [-0.2, -0.15) is 4.98 Å². The number of hydrogen-bond acceptors (Lipinski definition) is 7. The summed E-state index contributed by atoms with van der Waals surface area (Å²) in [5, 5.41) is 8.27. The van der Waals surface area contributed by atoms with Crippen molar-refractivity contribution in [1.29, 1.82) is 0 Å². The smallest absolute Gasteiger partial charge is 0.254 e. The fourth-order valence-corrected chi connectivity index (χ4v) is 3.67. The summed E-state index contributed by atoms with van der Waals surface area (Å²) in [6.07, 6.45) is 3.89. The van der Waals surface area contributed by atoms with Crippen molar-refractivity contribution in [3.05, 3.63) is 64.8 Å². The van der Waals surface area contributed by atoms with E-state index in [1.165, 1.54) is 6.20 Å². The van der Waals surface area contributed by atoms with Gasteiger partial charge < -0.3 is 16.0 Å². The summed E-state index contributed by atoms with van der Waals surface area (Å²) in [6.45, 7) is 0. The molecule has 1 fully saturated rings. The summed E-state index contributed by atoms with van der Waals surface area (Å²) in [7, 11) is -3.55. The molecule has 1 heterocycles. The van der Waals surface area contributed by atoms with Crippen molar-refractivity contribution in [3.8, 4) is 0 Å². The van der Waals surface area contributed by atoms with Crippen LogP contribution in [0.2, 0.25) is 5.02 Å². The number of nitrogens with one attached hydrogen (secondary N) is 4. The minimum atomic E-state index is -3.55. The van der Waals surface area contributed by atoms with Crippen molar-refractivity contribution in [1.82, 2.24) is 15.3 Å². The van der Waals surface area contributed by atoms with Gasteiger partial charge in [-0.1, -0.05) is 23.7 Å². The maximum absolute atomic E-state index is 14.4. The maximum atomic E-state index is 14.4. The molecule has 1 aliphatic rings. The van der Waals surface area contributed by atoms with E-state index < -0.39 is 27.6 Å². The molecule has 0 radical (unpaired) electrons. The number of aromatic nitrogens is 2. The Morgan fingerprint density at radius 2 is 1.76 bits per heavy atom. The Labute approximate surface area is 199 Å². The summed E-state index contributed by atoms with van der Waals surface area (Å²) in [5.74, 6) is -2.58. The number of carbonyl (C=O) groups is 1. The van der Waals surface area contributed by atoms with E-state index in [1.807, 2.05) is 0 Å². The fourth-order valence-electron chi connectivity index (χ4n) is 2.95. The van der Waals surface area contributed by atoms with Crippen LogP contribution in [0.5, 0.6) is 0 Å². The fraction of sp³-hybridized carbons (Fsp3) is 0.190. The van der Waals surface area contributed by atoms with Crippen LogP contribution in [0, 0.1) is 11.6 Å². The molecular weight excluding hydrogens is 490 g/mol. The Balaban J connectivity index is 1.59. The van der Waals surface area contributed by atoms with Crippen LogP contribution in [0.25, 0.3) is 0 Å². The number of carbonyl (C=O) groups excluding carboxylic acids is 1. The third-order valence-electron chi connectivity index (χ3n) is 4.68. The Hall–Kier alpha value is -3.51. The molecule has 13 heteroatoms. The average molecular weight is 509 g/mol. The lowest BCUT2D eigenvalue weighted by atomic mass is 10.1. The zero-order chi connectivity index (χ0) is 24.5. The standard InChI is InChI=1S/C21H19ClF2N6O3S/c1-34(32,33)30-17-5-3-2-4-16(17)27-19-13(22)10-25-21(29-19)28-18-8-12(14(23)9-15(18)24)20(31)26-11-6-7-11/h2-5,8-11,30H,6-7H2,1H3,(H,26,31)(H2,25,27,28,29). The molecule has 3 aromatic rings. The second-order valence-corrected chi connectivity index (χ2v) is 9.78. The molecule has 0 unspecified atom stereocenters. The highest BCUT2D eigenvalue weighted by molar-refractivity contribution is 7.92. The van der Waals surface area contributed by atoms with E-state index in [9.17, 15) is 22.0 Å². The molecule has 2 aromatic carbocycles. The first-order valence-electron chi connectivity index (χ1n) is 10.0. The van der Waals surface area contributed by atoms with Crippen molar-refractivity contribution in [2.24, 2.45) is 0 Å². The number of anilines is 5. The van der Waals surface area contributed by atoms with Crippen LogP contribution in [-0.4, -0.2) is 36.6 Å². The lowest BCUT2D eigenvalue weighted by molar-refractivity contribution is 0.0947. The van der Waals surface area contributed by atoms with Crippen molar-refractivity contribution < 1.29 is 22.0 Å². The van der Waals surface area contributed by atoms with Crippen molar-refractivity contribution in [3.63, 3.8) is 0 Å². The topological polar surface area (TPSA) is 125 Å². The molecule has 178 valence electrons. The maximum Gasteiger partial charge on any atom is 0.254 e. The molecule has 0 spiro atoms. The highest BCUT2D eigenvalue weighted by Gasteiger charge is 2.26. The monoisotopic (exact) mass is 508 g/mol. The first kappa shape index (κ1) is 23.6. The summed E-state index contributed by atoms with van der Waals surface area (Å²) < 4.78 is 54.2. The number of amides is 1. The van der Waals surface area contributed by atoms with E-state index in [0.29, 0.717) is 11.8 Å². The second-order valence-electron chi connectivity index (χ2n) is 7.62. The zero-order valence-corrected chi connectivity index (χ0v) is 19.3. The first-order valence-corrected chi connectivity index (χ1v) is 12.3. The van der Waals surface area contributed by atoms with E-state index in [2.05, 4.69) is 30.6 Å². The molecule has 0 aliphatic heterocycles. The minimum absolute atomic E-state index is 0.00153. The predicted molar refractivity (Wildman–Crippen MR) is 125 cm³/mol. The Bertz CT molecular complexity index is 1370. The third-order valence-corrected chi connectivity index (χ3v) is 5.55. The van der Waals surface area contributed by atoms with Crippen LogP contribution < -0.4 is 20.7 Å². The molecule has 34 heavy (non-hydrogen) atoms. The molecule has 0 bridgehead atoms. The lowest BCUT2D eigenvalue weighted by Gasteiger charge is -2.14. The highest BCUT2D eigenvalue weighted by Crippen LogP contribution is 2.30. The molecule has 9 nitrogen and oxygen atoms in total.